The number of nitrogens with one attached hydrogen (secondary N) is 3. The fourth-order valence-electron chi connectivity index (χ4n) is 3.83. The van der Waals surface area contributed by atoms with E-state index in [2.05, 4.69) is 16.0 Å². The first kappa shape index (κ1) is 21.8. The van der Waals surface area contributed by atoms with Crippen molar-refractivity contribution < 1.29 is 22.8 Å². The molecule has 32 heavy (non-hydrogen) atoms. The summed E-state index contributed by atoms with van der Waals surface area (Å²) in [5.74, 6) is -0.983. The molecule has 2 aromatic rings. The molecule has 1 atom stereocenters. The van der Waals surface area contributed by atoms with Crippen LogP contribution in [0.5, 0.6) is 0 Å². The van der Waals surface area contributed by atoms with E-state index in [-0.39, 0.29) is 36.3 Å². The second-order valence-corrected chi connectivity index (χ2v) is 9.81. The Hall–Kier alpha value is -3.40. The van der Waals surface area contributed by atoms with Gasteiger partial charge in [0.15, 0.2) is 0 Å². The van der Waals surface area contributed by atoms with Gasteiger partial charge in [0.2, 0.25) is 21.8 Å². The molecular weight excluding hydrogens is 432 g/mol. The monoisotopic (exact) mass is 456 g/mol. The van der Waals surface area contributed by atoms with Crippen LogP contribution in [0.25, 0.3) is 0 Å². The van der Waals surface area contributed by atoms with Gasteiger partial charge in [0.05, 0.1) is 22.7 Å². The van der Waals surface area contributed by atoms with Gasteiger partial charge in [0.1, 0.15) is 6.04 Å². The standard InChI is InChI=1S/C22H24N4O5S/c27-20(11-10-19-22(29)24-18-9-2-1-8-17(18)21(28)25-19)23-15-6-5-7-16(14-15)26-12-3-4-13-32(26,30)31/h1-2,5-9,14,19H,3-4,10-13H2,(H,23,27)(H,24,29)(H,25,28)/t19-/m1/s1. The lowest BCUT2D eigenvalue weighted by Crippen LogP contribution is -2.41. The van der Waals surface area contributed by atoms with Gasteiger partial charge in [-0.3, -0.25) is 18.7 Å². The molecule has 0 spiro atoms. The maximum Gasteiger partial charge on any atom is 0.254 e. The number of anilines is 3. The Labute approximate surface area is 186 Å². The molecule has 0 saturated carbocycles. The topological polar surface area (TPSA) is 125 Å². The van der Waals surface area contributed by atoms with Crippen molar-refractivity contribution >= 4 is 44.8 Å². The van der Waals surface area contributed by atoms with Gasteiger partial charge in [-0.15, -0.1) is 0 Å². The van der Waals surface area contributed by atoms with Crippen LogP contribution in [0.15, 0.2) is 48.5 Å². The second kappa shape index (κ2) is 8.99. The van der Waals surface area contributed by atoms with Gasteiger partial charge >= 0.3 is 0 Å². The first-order valence-corrected chi connectivity index (χ1v) is 12.1. The van der Waals surface area contributed by atoms with Crippen LogP contribution >= 0.6 is 0 Å². The highest BCUT2D eigenvalue weighted by Crippen LogP contribution is 2.26. The second-order valence-electron chi connectivity index (χ2n) is 7.79. The van der Waals surface area contributed by atoms with Gasteiger partial charge in [0.25, 0.3) is 5.91 Å². The van der Waals surface area contributed by atoms with Crippen molar-refractivity contribution in [1.82, 2.24) is 5.32 Å². The number of carbonyl (C=O) groups excluding carboxylic acids is 3. The number of nitrogens with zero attached hydrogens (tertiary/aromatic N) is 1. The number of hydrogen-bond acceptors (Lipinski definition) is 5. The summed E-state index contributed by atoms with van der Waals surface area (Å²) in [6.45, 7) is 0.415. The minimum atomic E-state index is -3.35. The molecule has 1 saturated heterocycles. The highest BCUT2D eigenvalue weighted by molar-refractivity contribution is 7.92. The molecule has 10 heteroatoms. The molecule has 9 nitrogen and oxygen atoms in total. The number of rotatable bonds is 5. The van der Waals surface area contributed by atoms with Gasteiger partial charge in [-0.25, -0.2) is 8.42 Å². The molecule has 168 valence electrons. The number of benzene rings is 2. The molecular formula is C22H24N4O5S. The summed E-state index contributed by atoms with van der Waals surface area (Å²) in [4.78, 5) is 37.3. The fraction of sp³-hybridized carbons (Fsp3) is 0.318. The SMILES string of the molecule is O=C(CC[C@H]1NC(=O)c2ccccc2NC1=O)Nc1cccc(N2CCCCS2(=O)=O)c1. The van der Waals surface area contributed by atoms with Crippen LogP contribution in [0.3, 0.4) is 0 Å². The van der Waals surface area contributed by atoms with E-state index in [1.807, 2.05) is 0 Å². The molecule has 2 aliphatic rings. The maximum absolute atomic E-state index is 12.5. The molecule has 2 heterocycles. The summed E-state index contributed by atoms with van der Waals surface area (Å²) < 4.78 is 26.0. The molecule has 0 aromatic heterocycles. The van der Waals surface area contributed by atoms with Crippen LogP contribution in [0.4, 0.5) is 17.1 Å². The van der Waals surface area contributed by atoms with Crippen molar-refractivity contribution in [3.05, 3.63) is 54.1 Å². The lowest BCUT2D eigenvalue weighted by Gasteiger charge is -2.28. The molecule has 2 aromatic carbocycles. The lowest BCUT2D eigenvalue weighted by atomic mass is 10.1. The number of amides is 3. The number of hydrogen-bond donors (Lipinski definition) is 3. The fourth-order valence-corrected chi connectivity index (χ4v) is 5.46. The molecule has 3 N–H and O–H groups in total. The van der Waals surface area contributed by atoms with E-state index in [4.69, 9.17) is 0 Å². The predicted molar refractivity (Wildman–Crippen MR) is 121 cm³/mol. The molecule has 0 bridgehead atoms. The Bertz CT molecular complexity index is 1160. The quantitative estimate of drug-likeness (QED) is 0.635. The third-order valence-electron chi connectivity index (χ3n) is 5.48. The van der Waals surface area contributed by atoms with Crippen LogP contribution in [0.1, 0.15) is 36.0 Å². The normalized spacial score (nSPS) is 19.9. The van der Waals surface area contributed by atoms with Crippen molar-refractivity contribution in [1.29, 1.82) is 0 Å². The minimum Gasteiger partial charge on any atom is -0.340 e. The number of carbonyl (C=O) groups is 3. The Morgan fingerprint density at radius 1 is 1.09 bits per heavy atom. The van der Waals surface area contributed by atoms with E-state index in [1.54, 1.807) is 48.5 Å². The molecule has 0 radical (unpaired) electrons. The summed E-state index contributed by atoms with van der Waals surface area (Å²) in [6, 6.07) is 12.5. The van der Waals surface area contributed by atoms with Crippen molar-refractivity contribution in [2.24, 2.45) is 0 Å². The van der Waals surface area contributed by atoms with Crippen molar-refractivity contribution in [3.8, 4) is 0 Å². The van der Waals surface area contributed by atoms with Gasteiger partial charge in [-0.1, -0.05) is 18.2 Å². The number of para-hydroxylation sites is 1. The van der Waals surface area contributed by atoms with E-state index in [0.29, 0.717) is 35.6 Å². The van der Waals surface area contributed by atoms with E-state index in [0.717, 1.165) is 6.42 Å². The molecule has 4 rings (SSSR count). The average molecular weight is 457 g/mol. The zero-order chi connectivity index (χ0) is 22.7. The zero-order valence-electron chi connectivity index (χ0n) is 17.3. The van der Waals surface area contributed by atoms with Gasteiger partial charge in [-0.2, -0.15) is 0 Å². The average Bonchev–Trinajstić information content (AvgIpc) is 2.88. The first-order valence-electron chi connectivity index (χ1n) is 10.4. The summed E-state index contributed by atoms with van der Waals surface area (Å²) in [5.41, 5.74) is 1.79. The molecule has 0 unspecified atom stereocenters. The predicted octanol–water partition coefficient (Wildman–Crippen LogP) is 2.09. The Kier molecular flexibility index (Phi) is 6.13. The Morgan fingerprint density at radius 2 is 1.91 bits per heavy atom. The number of fused-ring (bicyclic) bond motifs is 1. The van der Waals surface area contributed by atoms with Gasteiger partial charge < -0.3 is 16.0 Å². The smallest absolute Gasteiger partial charge is 0.254 e. The maximum atomic E-state index is 12.5. The van der Waals surface area contributed by atoms with Gasteiger partial charge in [0, 0.05) is 18.7 Å². The minimum absolute atomic E-state index is 0.000945. The highest BCUT2D eigenvalue weighted by Gasteiger charge is 2.28. The van der Waals surface area contributed by atoms with Crippen LogP contribution in [0.2, 0.25) is 0 Å². The summed E-state index contributed by atoms with van der Waals surface area (Å²) >= 11 is 0. The van der Waals surface area contributed by atoms with Crippen molar-refractivity contribution in [3.63, 3.8) is 0 Å². The molecule has 3 amide bonds. The van der Waals surface area contributed by atoms with E-state index >= 15 is 0 Å². The van der Waals surface area contributed by atoms with Crippen LogP contribution in [0, 0.1) is 0 Å². The van der Waals surface area contributed by atoms with Crippen LogP contribution in [-0.2, 0) is 19.6 Å². The van der Waals surface area contributed by atoms with Crippen LogP contribution in [-0.4, -0.2) is 44.5 Å². The Balaban J connectivity index is 1.37. The van der Waals surface area contributed by atoms with E-state index < -0.39 is 16.1 Å². The first-order chi connectivity index (χ1) is 15.3. The molecule has 1 fully saturated rings. The third kappa shape index (κ3) is 4.75. The van der Waals surface area contributed by atoms with Crippen LogP contribution < -0.4 is 20.3 Å². The lowest BCUT2D eigenvalue weighted by molar-refractivity contribution is -0.118. The summed E-state index contributed by atoms with van der Waals surface area (Å²) in [6.07, 6.45) is 1.55. The van der Waals surface area contributed by atoms with Crippen molar-refractivity contribution in [2.75, 3.05) is 27.2 Å². The number of sulfonamides is 1. The largest absolute Gasteiger partial charge is 0.340 e. The third-order valence-corrected chi connectivity index (χ3v) is 7.35. The zero-order valence-corrected chi connectivity index (χ0v) is 18.2. The highest BCUT2D eigenvalue weighted by atomic mass is 32.2. The van der Waals surface area contributed by atoms with Crippen molar-refractivity contribution in [2.45, 2.75) is 31.7 Å². The molecule has 0 aliphatic carbocycles. The summed E-state index contributed by atoms with van der Waals surface area (Å²) in [5, 5.41) is 8.11. The summed E-state index contributed by atoms with van der Waals surface area (Å²) in [7, 11) is -3.35. The Morgan fingerprint density at radius 3 is 2.72 bits per heavy atom. The van der Waals surface area contributed by atoms with E-state index in [9.17, 15) is 22.8 Å². The van der Waals surface area contributed by atoms with Gasteiger partial charge in [-0.05, 0) is 49.6 Å². The van der Waals surface area contributed by atoms with E-state index in [1.165, 1.54) is 4.31 Å². The molecule has 2 aliphatic heterocycles.